The summed E-state index contributed by atoms with van der Waals surface area (Å²) in [6, 6.07) is -1.62. The summed E-state index contributed by atoms with van der Waals surface area (Å²) >= 11 is 0. The molecule has 3 saturated heterocycles. The van der Waals surface area contributed by atoms with Gasteiger partial charge in [0.25, 0.3) is 5.92 Å². The molecule has 7 rings (SSSR count). The first-order valence-electron chi connectivity index (χ1n) is 24.9. The molecule has 3 N–H and O–H groups in total. The van der Waals surface area contributed by atoms with Gasteiger partial charge in [0.05, 0.1) is 6.54 Å². The molecule has 0 aromatic heterocycles. The summed E-state index contributed by atoms with van der Waals surface area (Å²) in [7, 11) is 4.55. The van der Waals surface area contributed by atoms with E-state index < -0.39 is 121 Å². The minimum absolute atomic E-state index is 0.00695. The highest BCUT2D eigenvalue weighted by molar-refractivity contribution is 5.97. The van der Waals surface area contributed by atoms with Crippen molar-refractivity contribution in [3.63, 3.8) is 0 Å². The van der Waals surface area contributed by atoms with Crippen molar-refractivity contribution >= 4 is 41.0 Å². The van der Waals surface area contributed by atoms with Crippen LogP contribution >= 0.6 is 0 Å². The van der Waals surface area contributed by atoms with Crippen LogP contribution in [0.5, 0.6) is 0 Å². The average Bonchev–Trinajstić information content (AvgIpc) is 3.97. The summed E-state index contributed by atoms with van der Waals surface area (Å²) in [5, 5.41) is 8.99. The van der Waals surface area contributed by atoms with Crippen molar-refractivity contribution in [3.05, 3.63) is 41.2 Å². The van der Waals surface area contributed by atoms with Crippen molar-refractivity contribution < 1.29 is 59.5 Å². The number of fused-ring (bicyclic) bond motifs is 2. The third-order valence-corrected chi connectivity index (χ3v) is 15.4. The molecule has 1 aromatic carbocycles. The minimum Gasteiger partial charge on any atom is -0.344 e. The molecule has 6 aliphatic rings. The molecule has 0 spiro atoms. The number of likely N-dealkylation sites (tertiary alicyclic amines) is 1. The fraction of sp³-hybridized carbons (Fsp3) is 0.720. The molecule has 2 unspecified atom stereocenters. The number of alkyl halides is 6. The third-order valence-electron chi connectivity index (χ3n) is 15.4. The second kappa shape index (κ2) is 21.1. The van der Waals surface area contributed by atoms with E-state index in [1.54, 1.807) is 18.0 Å². The number of benzene rings is 1. The van der Waals surface area contributed by atoms with Crippen LogP contribution in [0.4, 0.5) is 30.7 Å². The van der Waals surface area contributed by atoms with Crippen LogP contribution < -0.4 is 16.0 Å². The summed E-state index contributed by atoms with van der Waals surface area (Å²) in [5.41, 5.74) is -1.07. The van der Waals surface area contributed by atoms with Crippen LogP contribution in [-0.2, 0) is 35.2 Å². The monoisotopic (exact) mass is 996 g/mol. The van der Waals surface area contributed by atoms with Gasteiger partial charge in [-0.2, -0.15) is 13.2 Å². The molecule has 0 radical (unpaired) electrons. The highest BCUT2D eigenvalue weighted by Gasteiger charge is 2.75. The first-order chi connectivity index (χ1) is 32.9. The van der Waals surface area contributed by atoms with Gasteiger partial charge in [-0.15, -0.1) is 0 Å². The van der Waals surface area contributed by atoms with Gasteiger partial charge < -0.3 is 35.6 Å². The van der Waals surface area contributed by atoms with Crippen molar-refractivity contribution in [1.82, 2.24) is 35.6 Å². The highest BCUT2D eigenvalue weighted by atomic mass is 19.4. The highest BCUT2D eigenvalue weighted by Crippen LogP contribution is 2.61. The number of halogens is 7. The maximum atomic E-state index is 15.1. The lowest BCUT2D eigenvalue weighted by molar-refractivity contribution is -0.299. The summed E-state index contributed by atoms with van der Waals surface area (Å²) in [5.74, 6) is -10.2. The molecule has 4 aliphatic heterocycles. The SMILES string of the molecule is CC(C)C[C@@H]1NC(=O)[C@@H](N(C)C(=O)[C@@H](NC(=O)[C@@H]2C[C@@H](F)CN2C(=O)C2(C(F)(F)F)CC(F)(F)C2)C2CC2)CCCCCCCN(C)C(=O)[C@H](Cc2cc(F)ccc2C2=CC3CCC(C2)N3)N(C)C1=O. The van der Waals surface area contributed by atoms with Gasteiger partial charge in [-0.1, -0.05) is 51.7 Å². The van der Waals surface area contributed by atoms with E-state index >= 15 is 4.39 Å². The van der Waals surface area contributed by atoms with Crippen molar-refractivity contribution in [2.24, 2.45) is 17.3 Å². The zero-order chi connectivity index (χ0) is 51.0. The Morgan fingerprint density at radius 2 is 1.63 bits per heavy atom. The van der Waals surface area contributed by atoms with Crippen LogP contribution in [0.1, 0.15) is 121 Å². The molecule has 13 nitrogen and oxygen atoms in total. The Kier molecular flexibility index (Phi) is 16.0. The molecule has 2 aliphatic carbocycles. The van der Waals surface area contributed by atoms with Gasteiger partial charge in [0.1, 0.15) is 42.2 Å². The zero-order valence-corrected chi connectivity index (χ0v) is 40.7. The molecule has 2 bridgehead atoms. The van der Waals surface area contributed by atoms with Gasteiger partial charge in [0.15, 0.2) is 5.41 Å². The van der Waals surface area contributed by atoms with Crippen LogP contribution in [0.3, 0.4) is 0 Å². The van der Waals surface area contributed by atoms with Gasteiger partial charge in [-0.25, -0.2) is 17.6 Å². The molecule has 388 valence electrons. The first kappa shape index (κ1) is 53.1. The van der Waals surface area contributed by atoms with E-state index in [-0.39, 0.29) is 43.2 Å². The maximum absolute atomic E-state index is 15.1. The number of hydrogen-bond donors (Lipinski definition) is 3. The number of nitrogens with zero attached hydrogens (tertiary/aromatic N) is 4. The van der Waals surface area contributed by atoms with Crippen LogP contribution in [0.2, 0.25) is 0 Å². The van der Waals surface area contributed by atoms with Crippen LogP contribution in [-0.4, -0.2) is 150 Å². The predicted molar refractivity (Wildman–Crippen MR) is 245 cm³/mol. The number of hydrogen-bond acceptors (Lipinski definition) is 7. The van der Waals surface area contributed by atoms with Crippen molar-refractivity contribution in [1.29, 1.82) is 0 Å². The van der Waals surface area contributed by atoms with Crippen LogP contribution in [0, 0.1) is 23.1 Å². The molecule has 4 heterocycles. The van der Waals surface area contributed by atoms with E-state index in [9.17, 15) is 55.1 Å². The number of carbonyl (C=O) groups is 6. The van der Waals surface area contributed by atoms with Gasteiger partial charge >= 0.3 is 6.18 Å². The quantitative estimate of drug-likeness (QED) is 0.228. The normalized spacial score (nSPS) is 29.3. The first-order valence-corrected chi connectivity index (χ1v) is 24.9. The Morgan fingerprint density at radius 1 is 0.943 bits per heavy atom. The molecule has 5 fully saturated rings. The van der Waals surface area contributed by atoms with Crippen molar-refractivity contribution in [2.45, 2.75) is 177 Å². The Morgan fingerprint density at radius 3 is 2.27 bits per heavy atom. The molecule has 6 amide bonds. The Hall–Kier alpha value is -4.75. The molecular formula is C50H68F7N7O6. The Bertz CT molecular complexity index is 2180. The van der Waals surface area contributed by atoms with Gasteiger partial charge in [0.2, 0.25) is 35.4 Å². The smallest absolute Gasteiger partial charge is 0.344 e. The topological polar surface area (TPSA) is 151 Å². The molecule has 8 atom stereocenters. The number of rotatable bonds is 11. The van der Waals surface area contributed by atoms with Gasteiger partial charge in [-0.3, -0.25) is 28.8 Å². The van der Waals surface area contributed by atoms with E-state index in [1.165, 1.54) is 36.0 Å². The molecule has 1 aromatic rings. The summed E-state index contributed by atoms with van der Waals surface area (Å²) < 4.78 is 101. The zero-order valence-electron chi connectivity index (χ0n) is 40.7. The molecule has 20 heteroatoms. The van der Waals surface area contributed by atoms with E-state index in [0.717, 1.165) is 43.2 Å². The fourth-order valence-corrected chi connectivity index (χ4v) is 11.3. The second-order valence-corrected chi connectivity index (χ2v) is 21.3. The lowest BCUT2D eigenvalue weighted by Crippen LogP contribution is -2.65. The lowest BCUT2D eigenvalue weighted by atomic mass is 9.64. The second-order valence-electron chi connectivity index (χ2n) is 21.3. The number of nitrogens with one attached hydrogen (secondary N) is 3. The number of amides is 6. The Balaban J connectivity index is 1.12. The van der Waals surface area contributed by atoms with Crippen molar-refractivity contribution in [2.75, 3.05) is 34.2 Å². The van der Waals surface area contributed by atoms with Gasteiger partial charge in [0, 0.05) is 65.5 Å². The van der Waals surface area contributed by atoms with Crippen LogP contribution in [0.25, 0.3) is 5.57 Å². The predicted octanol–water partition coefficient (Wildman–Crippen LogP) is 6.09. The number of likely N-dealkylation sites (N-methyl/N-ethyl adjacent to an activating group) is 3. The summed E-state index contributed by atoms with van der Waals surface area (Å²) in [4.78, 5) is 90.2. The average molecular weight is 996 g/mol. The minimum atomic E-state index is -5.40. The Labute approximate surface area is 405 Å². The van der Waals surface area contributed by atoms with E-state index in [0.29, 0.717) is 49.1 Å². The van der Waals surface area contributed by atoms with Gasteiger partial charge in [-0.05, 0) is 92.0 Å². The number of carbonyl (C=O) groups excluding carboxylic acids is 6. The van der Waals surface area contributed by atoms with E-state index in [4.69, 9.17) is 0 Å². The van der Waals surface area contributed by atoms with E-state index in [2.05, 4.69) is 22.0 Å². The standard InChI is InChI=1S/C50H68F7N7O6/c1-28(2)19-37-44(67)63(5)40(23-30-20-32(51)14-17-36(30)31-21-34-15-16-35(22-31)58-34)45(68)61(3)18-10-8-6-7-9-11-38(42(65)59-37)62(4)46(69)41(29-12-13-29)60-43(66)39-24-33(52)25-64(39)47(70)48(50(55,56)57)26-49(53,54)27-48/h14,17,20-21,28-29,33-35,37-41,58H,6-13,15-16,18-19,22-27H2,1-5H3,(H,59,65)(H,60,66)/t33-,34?,35?,37+,38+,39+,40+,41+/m1/s1. The molecule has 2 saturated carbocycles. The summed E-state index contributed by atoms with van der Waals surface area (Å²) in [6.45, 7) is 3.19. The fourth-order valence-electron chi connectivity index (χ4n) is 11.3. The maximum Gasteiger partial charge on any atom is 0.403 e. The lowest BCUT2D eigenvalue weighted by Gasteiger charge is -2.48. The molecular weight excluding hydrogens is 928 g/mol. The van der Waals surface area contributed by atoms with Crippen molar-refractivity contribution in [3.8, 4) is 0 Å². The third kappa shape index (κ3) is 11.6. The van der Waals surface area contributed by atoms with E-state index in [1.807, 2.05) is 13.8 Å². The summed E-state index contributed by atoms with van der Waals surface area (Å²) in [6.07, 6.45) is -2.45. The molecule has 70 heavy (non-hydrogen) atoms. The van der Waals surface area contributed by atoms with Crippen LogP contribution in [0.15, 0.2) is 24.3 Å². The largest absolute Gasteiger partial charge is 0.403 e.